The Balaban J connectivity index is 1.66. The molecule has 0 aromatic heterocycles. The van der Waals surface area contributed by atoms with Crippen LogP contribution in [0.15, 0.2) is 42.5 Å². The molecule has 0 aliphatic carbocycles. The number of para-hydroxylation sites is 1. The van der Waals surface area contributed by atoms with Crippen LogP contribution in [0.2, 0.25) is 0 Å². The van der Waals surface area contributed by atoms with Crippen LogP contribution in [0.25, 0.3) is 0 Å². The third-order valence-corrected chi connectivity index (χ3v) is 4.72. The number of anilines is 1. The summed E-state index contributed by atoms with van der Waals surface area (Å²) in [4.78, 5) is 28.2. The Kier molecular flexibility index (Phi) is 3.49. The molecule has 2 aromatic rings. The highest BCUT2D eigenvalue weighted by Crippen LogP contribution is 2.35. The van der Waals surface area contributed by atoms with Crippen molar-refractivity contribution < 1.29 is 14.3 Å². The predicted molar refractivity (Wildman–Crippen MR) is 90.2 cm³/mol. The number of hydrogen-bond donors (Lipinski definition) is 0. The van der Waals surface area contributed by atoms with Crippen molar-refractivity contribution in [1.82, 2.24) is 4.90 Å². The molecule has 0 N–H and O–H groups in total. The van der Waals surface area contributed by atoms with Gasteiger partial charge in [-0.3, -0.25) is 9.59 Å². The smallest absolute Gasteiger partial charge is 0.264 e. The van der Waals surface area contributed by atoms with Gasteiger partial charge in [0.2, 0.25) is 0 Å². The number of amides is 2. The highest BCUT2D eigenvalue weighted by molar-refractivity contribution is 6.04. The molecule has 2 aliphatic heterocycles. The number of carbonyl (C=O) groups excluding carboxylic acids is 2. The molecule has 2 aromatic carbocycles. The molecule has 5 nitrogen and oxygen atoms in total. The van der Waals surface area contributed by atoms with E-state index in [4.69, 9.17) is 4.74 Å². The van der Waals surface area contributed by atoms with Crippen molar-refractivity contribution in [3.8, 4) is 5.75 Å². The fraction of sp³-hybridized carbons (Fsp3) is 0.263. The summed E-state index contributed by atoms with van der Waals surface area (Å²) in [5, 5.41) is 0. The Morgan fingerprint density at radius 1 is 1.08 bits per heavy atom. The van der Waals surface area contributed by atoms with Gasteiger partial charge in [-0.2, -0.15) is 0 Å². The summed E-state index contributed by atoms with van der Waals surface area (Å²) in [6.07, 6.45) is 0.857. The standard InChI is InChI=1S/C19H18N2O3/c1-20-16-8-4-7-15(18(16)24-12-17(20)22)19(23)21-10-9-13-5-2-3-6-14(13)11-21/h2-8H,9-12H2,1H3. The van der Waals surface area contributed by atoms with Crippen LogP contribution in [0.5, 0.6) is 5.75 Å². The van der Waals surface area contributed by atoms with Crippen LogP contribution >= 0.6 is 0 Å². The summed E-state index contributed by atoms with van der Waals surface area (Å²) in [6.45, 7) is 1.26. The van der Waals surface area contributed by atoms with Gasteiger partial charge in [0.05, 0.1) is 11.3 Å². The van der Waals surface area contributed by atoms with Crippen LogP contribution in [0.1, 0.15) is 21.5 Å². The molecule has 4 rings (SSSR count). The van der Waals surface area contributed by atoms with E-state index in [1.165, 1.54) is 11.1 Å². The Morgan fingerprint density at radius 3 is 2.71 bits per heavy atom. The van der Waals surface area contributed by atoms with Crippen LogP contribution in [0, 0.1) is 0 Å². The number of nitrogens with zero attached hydrogens (tertiary/aromatic N) is 2. The van der Waals surface area contributed by atoms with Gasteiger partial charge in [0, 0.05) is 20.1 Å². The zero-order chi connectivity index (χ0) is 16.7. The lowest BCUT2D eigenvalue weighted by atomic mass is 9.99. The van der Waals surface area contributed by atoms with Gasteiger partial charge in [0.25, 0.3) is 11.8 Å². The molecule has 2 heterocycles. The molecule has 24 heavy (non-hydrogen) atoms. The molecule has 0 saturated heterocycles. The van der Waals surface area contributed by atoms with Gasteiger partial charge >= 0.3 is 0 Å². The summed E-state index contributed by atoms with van der Waals surface area (Å²) in [5.74, 6) is 0.339. The molecule has 0 spiro atoms. The minimum Gasteiger partial charge on any atom is -0.481 e. The van der Waals surface area contributed by atoms with E-state index in [2.05, 4.69) is 12.1 Å². The van der Waals surface area contributed by atoms with Gasteiger partial charge < -0.3 is 14.5 Å². The van der Waals surface area contributed by atoms with Crippen molar-refractivity contribution >= 4 is 17.5 Å². The highest BCUT2D eigenvalue weighted by Gasteiger charge is 2.29. The molecule has 0 fully saturated rings. The van der Waals surface area contributed by atoms with Crippen molar-refractivity contribution in [1.29, 1.82) is 0 Å². The van der Waals surface area contributed by atoms with Gasteiger partial charge in [-0.25, -0.2) is 0 Å². The fourth-order valence-corrected chi connectivity index (χ4v) is 3.31. The number of carbonyl (C=O) groups is 2. The second-order valence-corrected chi connectivity index (χ2v) is 6.14. The van der Waals surface area contributed by atoms with Crippen LogP contribution in [-0.4, -0.2) is 36.9 Å². The third-order valence-electron chi connectivity index (χ3n) is 4.72. The quantitative estimate of drug-likeness (QED) is 0.809. The first-order valence-electron chi connectivity index (χ1n) is 8.03. The molecule has 0 saturated carbocycles. The Bertz CT molecular complexity index is 831. The van der Waals surface area contributed by atoms with Crippen LogP contribution in [0.4, 0.5) is 5.69 Å². The first-order valence-corrected chi connectivity index (χ1v) is 8.03. The van der Waals surface area contributed by atoms with Gasteiger partial charge in [-0.1, -0.05) is 30.3 Å². The predicted octanol–water partition coefficient (Wildman–Crippen LogP) is 2.24. The number of hydrogen-bond acceptors (Lipinski definition) is 3. The topological polar surface area (TPSA) is 49.9 Å². The largest absolute Gasteiger partial charge is 0.481 e. The molecule has 0 bridgehead atoms. The highest BCUT2D eigenvalue weighted by atomic mass is 16.5. The SMILES string of the molecule is CN1C(=O)COc2c(C(=O)N3CCc4ccccc4C3)cccc21. The lowest BCUT2D eigenvalue weighted by molar-refractivity contribution is -0.121. The summed E-state index contributed by atoms with van der Waals surface area (Å²) >= 11 is 0. The Morgan fingerprint density at radius 2 is 1.88 bits per heavy atom. The van der Waals surface area contributed by atoms with E-state index in [0.29, 0.717) is 30.1 Å². The molecule has 0 atom stereocenters. The van der Waals surface area contributed by atoms with E-state index in [0.717, 1.165) is 6.42 Å². The summed E-state index contributed by atoms with van der Waals surface area (Å²) in [7, 11) is 1.70. The van der Waals surface area contributed by atoms with E-state index in [-0.39, 0.29) is 18.4 Å². The summed E-state index contributed by atoms with van der Waals surface area (Å²) in [6, 6.07) is 13.6. The monoisotopic (exact) mass is 322 g/mol. The molecular weight excluding hydrogens is 304 g/mol. The van der Waals surface area contributed by atoms with Gasteiger partial charge in [-0.05, 0) is 29.7 Å². The minimum atomic E-state index is -0.112. The first kappa shape index (κ1) is 14.8. The maximum atomic E-state index is 13.0. The maximum Gasteiger partial charge on any atom is 0.264 e. The number of rotatable bonds is 1. The van der Waals surface area contributed by atoms with E-state index in [1.807, 2.05) is 17.0 Å². The van der Waals surface area contributed by atoms with Crippen molar-refractivity contribution in [2.24, 2.45) is 0 Å². The number of likely N-dealkylation sites (N-methyl/N-ethyl adjacent to an activating group) is 1. The minimum absolute atomic E-state index is 0.0311. The van der Waals surface area contributed by atoms with Gasteiger partial charge in [-0.15, -0.1) is 0 Å². The Labute approximate surface area is 140 Å². The maximum absolute atomic E-state index is 13.0. The third kappa shape index (κ3) is 2.33. The first-order chi connectivity index (χ1) is 11.6. The van der Waals surface area contributed by atoms with Gasteiger partial charge in [0.15, 0.2) is 12.4 Å². The van der Waals surface area contributed by atoms with E-state index < -0.39 is 0 Å². The molecule has 0 unspecified atom stereocenters. The molecular formula is C19H18N2O3. The lowest BCUT2D eigenvalue weighted by Crippen LogP contribution is -2.38. The number of benzene rings is 2. The second kappa shape index (κ2) is 5.67. The average molecular weight is 322 g/mol. The van der Waals surface area contributed by atoms with Crippen LogP contribution < -0.4 is 9.64 Å². The van der Waals surface area contributed by atoms with Gasteiger partial charge in [0.1, 0.15) is 0 Å². The van der Waals surface area contributed by atoms with Crippen LogP contribution in [-0.2, 0) is 17.8 Å². The zero-order valence-electron chi connectivity index (χ0n) is 13.5. The molecule has 2 aliphatic rings. The van der Waals surface area contributed by atoms with Crippen molar-refractivity contribution in [2.45, 2.75) is 13.0 Å². The van der Waals surface area contributed by atoms with E-state index >= 15 is 0 Å². The van der Waals surface area contributed by atoms with Crippen LogP contribution in [0.3, 0.4) is 0 Å². The normalized spacial score (nSPS) is 16.3. The van der Waals surface area contributed by atoms with E-state index in [9.17, 15) is 9.59 Å². The molecule has 122 valence electrons. The van der Waals surface area contributed by atoms with Crippen molar-refractivity contribution in [3.05, 3.63) is 59.2 Å². The zero-order valence-corrected chi connectivity index (χ0v) is 13.5. The molecule has 2 amide bonds. The van der Waals surface area contributed by atoms with Crippen molar-refractivity contribution in [2.75, 3.05) is 25.1 Å². The molecule has 0 radical (unpaired) electrons. The van der Waals surface area contributed by atoms with Crippen molar-refractivity contribution in [3.63, 3.8) is 0 Å². The average Bonchev–Trinajstić information content (AvgIpc) is 2.63. The summed E-state index contributed by atoms with van der Waals surface area (Å²) < 4.78 is 5.58. The molecule has 5 heteroatoms. The lowest BCUT2D eigenvalue weighted by Gasteiger charge is -2.31. The number of ether oxygens (including phenoxy) is 1. The summed E-state index contributed by atoms with van der Waals surface area (Å²) in [5.41, 5.74) is 3.66. The second-order valence-electron chi connectivity index (χ2n) is 6.14. The number of fused-ring (bicyclic) bond motifs is 2. The van der Waals surface area contributed by atoms with E-state index in [1.54, 1.807) is 30.1 Å². The fourth-order valence-electron chi connectivity index (χ4n) is 3.31. The Hall–Kier alpha value is -2.82.